The van der Waals surface area contributed by atoms with Crippen LogP contribution in [-0.4, -0.2) is 25.0 Å². The Hall–Kier alpha value is -0.330. The van der Waals surface area contributed by atoms with Crippen LogP contribution in [0.25, 0.3) is 0 Å². The SMILES string of the molecule is O=C(N[C@H]1CCCNC1)c1ccc(Cl)c(I)c1. The van der Waals surface area contributed by atoms with Gasteiger partial charge in [0.25, 0.3) is 5.91 Å². The third-order valence-corrected chi connectivity index (χ3v) is 4.35. The maximum absolute atomic E-state index is 12.0. The average Bonchev–Trinajstić information content (AvgIpc) is 2.34. The molecule has 1 aromatic rings. The molecule has 1 saturated heterocycles. The minimum Gasteiger partial charge on any atom is -0.348 e. The number of hydrogen-bond donors (Lipinski definition) is 2. The summed E-state index contributed by atoms with van der Waals surface area (Å²) in [6.07, 6.45) is 2.16. The molecule has 2 rings (SSSR count). The van der Waals surface area contributed by atoms with Crippen LogP contribution in [0.3, 0.4) is 0 Å². The summed E-state index contributed by atoms with van der Waals surface area (Å²) in [5.74, 6) is -0.0201. The average molecular weight is 365 g/mol. The van der Waals surface area contributed by atoms with E-state index in [1.54, 1.807) is 12.1 Å². The lowest BCUT2D eigenvalue weighted by Gasteiger charge is -2.23. The highest BCUT2D eigenvalue weighted by atomic mass is 127. The smallest absolute Gasteiger partial charge is 0.251 e. The van der Waals surface area contributed by atoms with Crippen molar-refractivity contribution < 1.29 is 4.79 Å². The summed E-state index contributed by atoms with van der Waals surface area (Å²) < 4.78 is 0.902. The van der Waals surface area contributed by atoms with Gasteiger partial charge in [0, 0.05) is 21.7 Å². The first kappa shape index (κ1) is 13.1. The molecule has 5 heteroatoms. The Morgan fingerprint density at radius 1 is 1.53 bits per heavy atom. The third-order valence-electron chi connectivity index (χ3n) is 2.81. The van der Waals surface area contributed by atoms with E-state index in [0.29, 0.717) is 10.6 Å². The number of benzene rings is 1. The summed E-state index contributed by atoms with van der Waals surface area (Å²) >= 11 is 8.06. The molecular weight excluding hydrogens is 351 g/mol. The summed E-state index contributed by atoms with van der Waals surface area (Å²) in [7, 11) is 0. The van der Waals surface area contributed by atoms with Crippen LogP contribution >= 0.6 is 34.2 Å². The van der Waals surface area contributed by atoms with E-state index >= 15 is 0 Å². The fourth-order valence-electron chi connectivity index (χ4n) is 1.88. The Bertz CT molecular complexity index is 419. The molecule has 0 unspecified atom stereocenters. The van der Waals surface area contributed by atoms with Gasteiger partial charge in [0.15, 0.2) is 0 Å². The van der Waals surface area contributed by atoms with E-state index < -0.39 is 0 Å². The highest BCUT2D eigenvalue weighted by Crippen LogP contribution is 2.19. The molecule has 1 heterocycles. The summed E-state index contributed by atoms with van der Waals surface area (Å²) in [6, 6.07) is 5.58. The van der Waals surface area contributed by atoms with E-state index in [1.165, 1.54) is 0 Å². The molecule has 92 valence electrons. The normalized spacial score (nSPS) is 20.0. The van der Waals surface area contributed by atoms with Gasteiger partial charge in [0.2, 0.25) is 0 Å². The summed E-state index contributed by atoms with van der Waals surface area (Å²) in [6.45, 7) is 1.90. The Labute approximate surface area is 119 Å². The van der Waals surface area contributed by atoms with Crippen molar-refractivity contribution >= 4 is 40.1 Å². The van der Waals surface area contributed by atoms with E-state index in [2.05, 4.69) is 33.2 Å². The molecule has 17 heavy (non-hydrogen) atoms. The molecule has 2 N–H and O–H groups in total. The molecule has 3 nitrogen and oxygen atoms in total. The molecule has 0 aromatic heterocycles. The monoisotopic (exact) mass is 364 g/mol. The Balaban J connectivity index is 2.01. The van der Waals surface area contributed by atoms with Gasteiger partial charge >= 0.3 is 0 Å². The van der Waals surface area contributed by atoms with Crippen LogP contribution in [0, 0.1) is 3.57 Å². The van der Waals surface area contributed by atoms with Crippen LogP contribution in [-0.2, 0) is 0 Å². The minimum atomic E-state index is -0.0201. The first-order valence-electron chi connectivity index (χ1n) is 5.63. The first-order valence-corrected chi connectivity index (χ1v) is 7.09. The van der Waals surface area contributed by atoms with Gasteiger partial charge in [0.1, 0.15) is 0 Å². The predicted molar refractivity (Wildman–Crippen MR) is 77.5 cm³/mol. The molecular formula is C12H14ClIN2O. The molecule has 0 bridgehead atoms. The largest absolute Gasteiger partial charge is 0.348 e. The molecule has 1 atom stereocenters. The van der Waals surface area contributed by atoms with Gasteiger partial charge in [0.05, 0.1) is 5.02 Å². The van der Waals surface area contributed by atoms with Crippen LogP contribution in [0.1, 0.15) is 23.2 Å². The molecule has 1 aliphatic rings. The van der Waals surface area contributed by atoms with Crippen molar-refractivity contribution in [1.82, 2.24) is 10.6 Å². The molecule has 0 radical (unpaired) electrons. The second kappa shape index (κ2) is 6.02. The van der Waals surface area contributed by atoms with Crippen molar-refractivity contribution in [2.75, 3.05) is 13.1 Å². The van der Waals surface area contributed by atoms with Gasteiger partial charge in [-0.2, -0.15) is 0 Å². The second-order valence-corrected chi connectivity index (χ2v) is 5.72. The van der Waals surface area contributed by atoms with Crippen molar-refractivity contribution in [3.63, 3.8) is 0 Å². The molecule has 0 saturated carbocycles. The first-order chi connectivity index (χ1) is 8.16. The lowest BCUT2D eigenvalue weighted by atomic mass is 10.1. The van der Waals surface area contributed by atoms with Gasteiger partial charge in [-0.05, 0) is 60.2 Å². The van der Waals surface area contributed by atoms with Gasteiger partial charge < -0.3 is 10.6 Å². The van der Waals surface area contributed by atoms with Crippen LogP contribution in [0.5, 0.6) is 0 Å². The molecule has 0 spiro atoms. The van der Waals surface area contributed by atoms with Crippen molar-refractivity contribution in [3.8, 4) is 0 Å². The van der Waals surface area contributed by atoms with Crippen LogP contribution < -0.4 is 10.6 Å². The number of carbonyl (C=O) groups is 1. The predicted octanol–water partition coefficient (Wildman–Crippen LogP) is 2.43. The van der Waals surface area contributed by atoms with E-state index in [4.69, 9.17) is 11.6 Å². The van der Waals surface area contributed by atoms with Crippen LogP contribution in [0.15, 0.2) is 18.2 Å². The van der Waals surface area contributed by atoms with Gasteiger partial charge in [-0.25, -0.2) is 0 Å². The number of piperidine rings is 1. The zero-order chi connectivity index (χ0) is 12.3. The Kier molecular flexibility index (Phi) is 4.64. The van der Waals surface area contributed by atoms with E-state index in [9.17, 15) is 4.79 Å². The number of halogens is 2. The maximum Gasteiger partial charge on any atom is 0.251 e. The van der Waals surface area contributed by atoms with E-state index in [0.717, 1.165) is 29.5 Å². The van der Waals surface area contributed by atoms with E-state index in [-0.39, 0.29) is 11.9 Å². The molecule has 1 fully saturated rings. The fourth-order valence-corrected chi connectivity index (χ4v) is 2.51. The lowest BCUT2D eigenvalue weighted by molar-refractivity contribution is 0.0930. The zero-order valence-corrected chi connectivity index (χ0v) is 12.2. The standard InChI is InChI=1S/C12H14ClIN2O/c13-10-4-3-8(6-11(10)14)12(17)16-9-2-1-5-15-7-9/h3-4,6,9,15H,1-2,5,7H2,(H,16,17)/t9-/m0/s1. The number of carbonyl (C=O) groups excluding carboxylic acids is 1. The van der Waals surface area contributed by atoms with Crippen molar-refractivity contribution in [2.45, 2.75) is 18.9 Å². The third kappa shape index (κ3) is 3.56. The Morgan fingerprint density at radius 2 is 2.35 bits per heavy atom. The number of hydrogen-bond acceptors (Lipinski definition) is 2. The summed E-state index contributed by atoms with van der Waals surface area (Å²) in [4.78, 5) is 12.0. The topological polar surface area (TPSA) is 41.1 Å². The Morgan fingerprint density at radius 3 is 3.00 bits per heavy atom. The van der Waals surface area contributed by atoms with Crippen molar-refractivity contribution in [1.29, 1.82) is 0 Å². The van der Waals surface area contributed by atoms with Crippen molar-refractivity contribution in [2.24, 2.45) is 0 Å². The van der Waals surface area contributed by atoms with E-state index in [1.807, 2.05) is 6.07 Å². The fraction of sp³-hybridized carbons (Fsp3) is 0.417. The quantitative estimate of drug-likeness (QED) is 0.792. The minimum absolute atomic E-state index is 0.0201. The highest BCUT2D eigenvalue weighted by molar-refractivity contribution is 14.1. The van der Waals surface area contributed by atoms with Gasteiger partial charge in [-0.1, -0.05) is 11.6 Å². The highest BCUT2D eigenvalue weighted by Gasteiger charge is 2.16. The summed E-state index contributed by atoms with van der Waals surface area (Å²) in [5, 5.41) is 6.99. The summed E-state index contributed by atoms with van der Waals surface area (Å²) in [5.41, 5.74) is 0.671. The molecule has 1 aromatic carbocycles. The van der Waals surface area contributed by atoms with Crippen molar-refractivity contribution in [3.05, 3.63) is 32.4 Å². The number of nitrogens with one attached hydrogen (secondary N) is 2. The lowest BCUT2D eigenvalue weighted by Crippen LogP contribution is -2.45. The second-order valence-electron chi connectivity index (χ2n) is 4.15. The van der Waals surface area contributed by atoms with Crippen LogP contribution in [0.4, 0.5) is 0 Å². The van der Waals surface area contributed by atoms with Crippen LogP contribution in [0.2, 0.25) is 5.02 Å². The zero-order valence-electron chi connectivity index (χ0n) is 9.30. The molecule has 1 amide bonds. The van der Waals surface area contributed by atoms with Gasteiger partial charge in [-0.15, -0.1) is 0 Å². The number of rotatable bonds is 2. The maximum atomic E-state index is 12.0. The molecule has 1 aliphatic heterocycles. The number of amides is 1. The molecule has 0 aliphatic carbocycles. The van der Waals surface area contributed by atoms with Gasteiger partial charge in [-0.3, -0.25) is 4.79 Å².